The highest BCUT2D eigenvalue weighted by Gasteiger charge is 2.27. The number of alkyl halides is 1. The molecule has 0 spiro atoms. The van der Waals surface area contributed by atoms with Crippen molar-refractivity contribution in [1.29, 1.82) is 0 Å². The third-order valence-corrected chi connectivity index (χ3v) is 4.45. The van der Waals surface area contributed by atoms with E-state index in [1.54, 1.807) is 24.3 Å². The van der Waals surface area contributed by atoms with Crippen LogP contribution < -0.4 is 16.0 Å². The summed E-state index contributed by atoms with van der Waals surface area (Å²) in [6, 6.07) is 6.43. The van der Waals surface area contributed by atoms with Gasteiger partial charge in [-0.25, -0.2) is 9.59 Å². The van der Waals surface area contributed by atoms with E-state index >= 15 is 0 Å². The first-order chi connectivity index (χ1) is 16.2. The van der Waals surface area contributed by atoms with Gasteiger partial charge in [-0.3, -0.25) is 9.59 Å². The number of nitrogens with one attached hydrogen (secondary N) is 3. The summed E-state index contributed by atoms with van der Waals surface area (Å²) in [5.74, 6) is -0.771. The van der Waals surface area contributed by atoms with Gasteiger partial charge >= 0.3 is 12.1 Å². The zero-order valence-electron chi connectivity index (χ0n) is 19.8. The molecule has 34 heavy (non-hydrogen) atoms. The lowest BCUT2D eigenvalue weighted by Crippen LogP contribution is -2.52. The van der Waals surface area contributed by atoms with Gasteiger partial charge in [0, 0.05) is 19.4 Å². The van der Waals surface area contributed by atoms with Crippen molar-refractivity contribution in [2.75, 3.05) is 12.4 Å². The molecule has 4 N–H and O–H groups in total. The summed E-state index contributed by atoms with van der Waals surface area (Å²) >= 11 is 2.94. The number of carboxylic acids is 1. The van der Waals surface area contributed by atoms with Gasteiger partial charge in [0.1, 0.15) is 24.5 Å². The number of halogens is 1. The quantitative estimate of drug-likeness (QED) is 0.263. The fraction of sp³-hybridized carbons (Fsp3) is 0.522. The third-order valence-electron chi connectivity index (χ3n) is 4.45. The Morgan fingerprint density at radius 2 is 1.59 bits per heavy atom. The largest absolute Gasteiger partial charge is 0.480 e. The van der Waals surface area contributed by atoms with Crippen molar-refractivity contribution >= 4 is 45.6 Å². The molecule has 0 aliphatic heterocycles. The highest BCUT2D eigenvalue weighted by Crippen LogP contribution is 2.05. The molecule has 1 aromatic carbocycles. The number of hydrogen-bond acceptors (Lipinski definition) is 6. The van der Waals surface area contributed by atoms with E-state index in [1.807, 2.05) is 18.8 Å². The number of benzene rings is 1. The number of amides is 3. The van der Waals surface area contributed by atoms with Crippen molar-refractivity contribution in [3.63, 3.8) is 0 Å². The van der Waals surface area contributed by atoms with E-state index in [-0.39, 0.29) is 44.0 Å². The average molecular weight is 544 g/mol. The number of ketones is 1. The number of alkyl carbamates (subject to hydrolysis) is 1. The summed E-state index contributed by atoms with van der Waals surface area (Å²) < 4.78 is 5.12. The molecule has 0 aliphatic carbocycles. The molecule has 1 rings (SSSR count). The van der Waals surface area contributed by atoms with Crippen LogP contribution in [0.2, 0.25) is 0 Å². The van der Waals surface area contributed by atoms with Gasteiger partial charge in [0.15, 0.2) is 0 Å². The highest BCUT2D eigenvalue weighted by molar-refractivity contribution is 9.08. The fourth-order valence-corrected chi connectivity index (χ4v) is 2.68. The summed E-state index contributed by atoms with van der Waals surface area (Å²) in [4.78, 5) is 59.4. The number of ether oxygens (including phenoxy) is 1. The lowest BCUT2D eigenvalue weighted by Gasteiger charge is -2.21. The first-order valence-electron chi connectivity index (χ1n) is 10.9. The van der Waals surface area contributed by atoms with Crippen molar-refractivity contribution < 1.29 is 33.8 Å². The molecule has 10 nitrogen and oxygen atoms in total. The smallest absolute Gasteiger partial charge is 0.408 e. The van der Waals surface area contributed by atoms with E-state index in [0.717, 1.165) is 12.0 Å². The molecular weight excluding hydrogens is 510 g/mol. The van der Waals surface area contributed by atoms with Crippen LogP contribution in [0.1, 0.15) is 51.5 Å². The molecule has 0 bridgehead atoms. The van der Waals surface area contributed by atoms with E-state index < -0.39 is 30.1 Å². The van der Waals surface area contributed by atoms with Crippen LogP contribution in [0.3, 0.4) is 0 Å². The Morgan fingerprint density at radius 3 is 2.15 bits per heavy atom. The van der Waals surface area contributed by atoms with E-state index in [1.165, 1.54) is 6.92 Å². The van der Waals surface area contributed by atoms with E-state index in [0.29, 0.717) is 6.54 Å². The lowest BCUT2D eigenvalue weighted by atomic mass is 10.1. The fourth-order valence-electron chi connectivity index (χ4n) is 2.68. The Bertz CT molecular complexity index is 790. The van der Waals surface area contributed by atoms with Crippen LogP contribution in [0.4, 0.5) is 4.79 Å². The number of hydrogen-bond donors (Lipinski definition) is 4. The minimum absolute atomic E-state index is 0.0195. The minimum atomic E-state index is -1.30. The first-order valence-corrected chi connectivity index (χ1v) is 12.5. The van der Waals surface area contributed by atoms with Crippen LogP contribution >= 0.6 is 15.9 Å². The van der Waals surface area contributed by atoms with Gasteiger partial charge < -0.3 is 30.6 Å². The number of aliphatic carboxylic acids is 1. The predicted octanol–water partition coefficient (Wildman–Crippen LogP) is 2.54. The van der Waals surface area contributed by atoms with Crippen LogP contribution in [0, 0.1) is 0 Å². The molecule has 0 aliphatic rings. The van der Waals surface area contributed by atoms with Crippen LogP contribution in [-0.2, 0) is 30.5 Å². The standard InChI is InChI=1S/C22H31N3O7.CH3Br/c1-3-13-23-19(27)12-11-17(20(28)24-18(21(29)30)10-9-15(2)26)25-22(31)32-14-16-7-5-4-6-8-16;1-2/h4-8,17-18H,3,9-14H2,1-2H3,(H,23,27)(H,24,28)(H,25,31)(H,29,30);1H3. The summed E-state index contributed by atoms with van der Waals surface area (Å²) in [6.07, 6.45) is -0.343. The number of carboxylic acid groups (broad SMARTS) is 1. The van der Waals surface area contributed by atoms with Gasteiger partial charge in [-0.05, 0) is 37.6 Å². The topological polar surface area (TPSA) is 151 Å². The Balaban J connectivity index is 0.00000529. The molecule has 0 aromatic heterocycles. The lowest BCUT2D eigenvalue weighted by molar-refractivity contribution is -0.142. The van der Waals surface area contributed by atoms with Crippen molar-refractivity contribution in [3.8, 4) is 0 Å². The van der Waals surface area contributed by atoms with Crippen molar-refractivity contribution in [2.24, 2.45) is 0 Å². The Hall–Kier alpha value is -2.95. The maximum absolute atomic E-state index is 12.7. The zero-order valence-corrected chi connectivity index (χ0v) is 21.4. The maximum Gasteiger partial charge on any atom is 0.408 e. The van der Waals surface area contributed by atoms with Gasteiger partial charge in [0.25, 0.3) is 0 Å². The van der Waals surface area contributed by atoms with Gasteiger partial charge in [-0.15, -0.1) is 0 Å². The second-order valence-electron chi connectivity index (χ2n) is 7.29. The summed E-state index contributed by atoms with van der Waals surface area (Å²) in [6.45, 7) is 3.68. The van der Waals surface area contributed by atoms with E-state index in [9.17, 15) is 29.1 Å². The molecule has 2 atom stereocenters. The first kappa shape index (κ1) is 31.0. The second-order valence-corrected chi connectivity index (χ2v) is 7.29. The summed E-state index contributed by atoms with van der Waals surface area (Å²) in [5.41, 5.74) is 0.748. The highest BCUT2D eigenvalue weighted by atomic mass is 79.9. The molecule has 2 unspecified atom stereocenters. The molecule has 0 saturated heterocycles. The zero-order chi connectivity index (χ0) is 25.9. The van der Waals surface area contributed by atoms with E-state index in [4.69, 9.17) is 4.74 Å². The van der Waals surface area contributed by atoms with Crippen molar-refractivity contribution in [2.45, 2.75) is 64.6 Å². The van der Waals surface area contributed by atoms with Crippen molar-refractivity contribution in [3.05, 3.63) is 35.9 Å². The number of carbonyl (C=O) groups excluding carboxylic acids is 4. The number of carbonyl (C=O) groups is 5. The van der Waals surface area contributed by atoms with Gasteiger partial charge in [-0.2, -0.15) is 0 Å². The molecule has 0 fully saturated rings. The minimum Gasteiger partial charge on any atom is -0.480 e. The summed E-state index contributed by atoms with van der Waals surface area (Å²) in [5, 5.41) is 16.7. The number of Topliss-reactive ketones (excluding diaryl/α,β-unsaturated/α-hetero) is 1. The van der Waals surface area contributed by atoms with E-state index in [2.05, 4.69) is 31.9 Å². The van der Waals surface area contributed by atoms with Crippen LogP contribution in [-0.4, -0.2) is 59.2 Å². The molecule has 11 heteroatoms. The average Bonchev–Trinajstić information content (AvgIpc) is 2.83. The van der Waals surface area contributed by atoms with Crippen molar-refractivity contribution in [1.82, 2.24) is 16.0 Å². The van der Waals surface area contributed by atoms with Crippen LogP contribution in [0.15, 0.2) is 30.3 Å². The Morgan fingerprint density at radius 1 is 0.971 bits per heavy atom. The summed E-state index contributed by atoms with van der Waals surface area (Å²) in [7, 11) is 0. The van der Waals surface area contributed by atoms with Crippen LogP contribution in [0.5, 0.6) is 0 Å². The maximum atomic E-state index is 12.7. The molecular formula is C23H34BrN3O7. The Kier molecular flexibility index (Phi) is 16.9. The molecule has 0 heterocycles. The molecule has 190 valence electrons. The second kappa shape index (κ2) is 18.5. The molecule has 1 aromatic rings. The normalized spacial score (nSPS) is 11.6. The van der Waals surface area contributed by atoms with Gasteiger partial charge in [-0.1, -0.05) is 53.2 Å². The monoisotopic (exact) mass is 543 g/mol. The Labute approximate surface area is 208 Å². The van der Waals surface area contributed by atoms with Crippen LogP contribution in [0.25, 0.3) is 0 Å². The molecule has 0 saturated carbocycles. The number of rotatable bonds is 14. The third kappa shape index (κ3) is 14.2. The molecule has 0 radical (unpaired) electrons. The van der Waals surface area contributed by atoms with Gasteiger partial charge in [0.2, 0.25) is 11.8 Å². The molecule has 3 amide bonds. The van der Waals surface area contributed by atoms with Gasteiger partial charge in [0.05, 0.1) is 0 Å². The predicted molar refractivity (Wildman–Crippen MR) is 130 cm³/mol. The SMILES string of the molecule is CBr.CCCNC(=O)CCC(NC(=O)OCc1ccccc1)C(=O)NC(CCC(C)=O)C(=O)O.